The number of ether oxygens (including phenoxy) is 2. The Morgan fingerprint density at radius 3 is 2.79 bits per heavy atom. The minimum Gasteiger partial charge on any atom is -0.382 e. The summed E-state index contributed by atoms with van der Waals surface area (Å²) in [6.45, 7) is 8.73. The second-order valence-electron chi connectivity index (χ2n) is 6.39. The van der Waals surface area contributed by atoms with Crippen molar-refractivity contribution in [3.05, 3.63) is 35.4 Å². The summed E-state index contributed by atoms with van der Waals surface area (Å²) in [7, 11) is 0. The molecule has 1 aliphatic heterocycles. The number of hydrogen-bond acceptors (Lipinski definition) is 3. The zero-order valence-corrected chi connectivity index (χ0v) is 15.0. The van der Waals surface area contributed by atoms with E-state index in [9.17, 15) is 0 Å². The van der Waals surface area contributed by atoms with Gasteiger partial charge >= 0.3 is 0 Å². The summed E-state index contributed by atoms with van der Waals surface area (Å²) in [5.41, 5.74) is 8.77. The highest BCUT2D eigenvalue weighted by Gasteiger charge is 2.35. The van der Waals surface area contributed by atoms with Crippen LogP contribution in [0.5, 0.6) is 0 Å². The first-order chi connectivity index (χ1) is 11.7. The molecule has 0 aliphatic carbocycles. The van der Waals surface area contributed by atoms with Gasteiger partial charge in [-0.3, -0.25) is 4.99 Å². The number of benzene rings is 1. The molecule has 0 unspecified atom stereocenters. The molecule has 134 valence electrons. The van der Waals surface area contributed by atoms with Crippen molar-refractivity contribution in [3.63, 3.8) is 0 Å². The lowest BCUT2D eigenvalue weighted by Crippen LogP contribution is -2.40. The Balaban J connectivity index is 1.99. The van der Waals surface area contributed by atoms with Crippen LogP contribution in [-0.4, -0.2) is 45.5 Å². The molecule has 3 N–H and O–H groups in total. The van der Waals surface area contributed by atoms with Crippen LogP contribution in [0.25, 0.3) is 0 Å². The largest absolute Gasteiger partial charge is 0.382 e. The molecule has 1 aromatic rings. The molecule has 0 aromatic heterocycles. The number of aliphatic imine (C=N–C) groups is 1. The van der Waals surface area contributed by atoms with E-state index in [0.717, 1.165) is 52.2 Å². The van der Waals surface area contributed by atoms with Gasteiger partial charge < -0.3 is 20.5 Å². The van der Waals surface area contributed by atoms with Gasteiger partial charge in [-0.25, -0.2) is 0 Å². The maximum absolute atomic E-state index is 6.05. The van der Waals surface area contributed by atoms with Crippen LogP contribution in [0.1, 0.15) is 37.3 Å². The summed E-state index contributed by atoms with van der Waals surface area (Å²) in [4.78, 5) is 4.64. The Morgan fingerprint density at radius 1 is 1.33 bits per heavy atom. The van der Waals surface area contributed by atoms with Crippen LogP contribution in [0.3, 0.4) is 0 Å². The average Bonchev–Trinajstić information content (AvgIpc) is 2.61. The van der Waals surface area contributed by atoms with Gasteiger partial charge in [0, 0.05) is 38.4 Å². The third-order valence-electron chi connectivity index (χ3n) is 4.69. The molecule has 5 heteroatoms. The van der Waals surface area contributed by atoms with E-state index in [-0.39, 0.29) is 5.41 Å². The van der Waals surface area contributed by atoms with E-state index in [0.29, 0.717) is 12.5 Å². The van der Waals surface area contributed by atoms with Crippen LogP contribution in [-0.2, 0) is 14.9 Å². The maximum atomic E-state index is 6.05. The minimum atomic E-state index is 0.0290. The molecule has 0 spiro atoms. The summed E-state index contributed by atoms with van der Waals surface area (Å²) in [6.07, 6.45) is 2.90. The smallest absolute Gasteiger partial charge is 0.188 e. The monoisotopic (exact) mass is 333 g/mol. The predicted molar refractivity (Wildman–Crippen MR) is 98.5 cm³/mol. The van der Waals surface area contributed by atoms with E-state index in [1.807, 2.05) is 6.92 Å². The molecule has 0 atom stereocenters. The molecule has 1 saturated heterocycles. The first kappa shape index (κ1) is 18.7. The standard InChI is InChI=1S/C19H31N3O2/c1-3-23-12-6-11-21-18(20)22-15-19(9-13-24-14-10-19)17-8-5-4-7-16(17)2/h4-5,7-8H,3,6,9-15H2,1-2H3,(H3,20,21,22). The number of nitrogens with zero attached hydrogens (tertiary/aromatic N) is 1. The molecule has 1 heterocycles. The van der Waals surface area contributed by atoms with Crippen molar-refractivity contribution in [2.45, 2.75) is 38.5 Å². The zero-order chi connectivity index (χ0) is 17.3. The quantitative estimate of drug-likeness (QED) is 0.435. The first-order valence-electron chi connectivity index (χ1n) is 8.93. The van der Waals surface area contributed by atoms with E-state index >= 15 is 0 Å². The SMILES string of the molecule is CCOCCCNC(N)=NCC1(c2ccccc2C)CCOCC1. The summed E-state index contributed by atoms with van der Waals surface area (Å²) in [5.74, 6) is 0.519. The molecule has 2 rings (SSSR count). The molecule has 0 amide bonds. The van der Waals surface area contributed by atoms with E-state index in [1.165, 1.54) is 11.1 Å². The number of nitrogens with two attached hydrogens (primary N) is 1. The first-order valence-corrected chi connectivity index (χ1v) is 8.93. The average molecular weight is 333 g/mol. The highest BCUT2D eigenvalue weighted by molar-refractivity contribution is 5.77. The van der Waals surface area contributed by atoms with E-state index < -0.39 is 0 Å². The van der Waals surface area contributed by atoms with Crippen molar-refractivity contribution >= 4 is 5.96 Å². The fraction of sp³-hybridized carbons (Fsp3) is 0.632. The van der Waals surface area contributed by atoms with Crippen molar-refractivity contribution < 1.29 is 9.47 Å². The molecular weight excluding hydrogens is 302 g/mol. The Bertz CT molecular complexity index is 525. The van der Waals surface area contributed by atoms with Gasteiger partial charge in [0.25, 0.3) is 0 Å². The number of aryl methyl sites for hydroxylation is 1. The second-order valence-corrected chi connectivity index (χ2v) is 6.39. The van der Waals surface area contributed by atoms with Gasteiger partial charge in [-0.15, -0.1) is 0 Å². The van der Waals surface area contributed by atoms with Crippen molar-refractivity contribution in [1.82, 2.24) is 5.32 Å². The number of guanidine groups is 1. The topological polar surface area (TPSA) is 68.9 Å². The lowest BCUT2D eigenvalue weighted by molar-refractivity contribution is 0.0529. The third kappa shape index (κ3) is 5.21. The second kappa shape index (κ2) is 9.64. The summed E-state index contributed by atoms with van der Waals surface area (Å²) in [5, 5.41) is 3.18. The van der Waals surface area contributed by atoms with Crippen molar-refractivity contribution in [1.29, 1.82) is 0 Å². The molecule has 5 nitrogen and oxygen atoms in total. The van der Waals surface area contributed by atoms with Gasteiger partial charge in [0.2, 0.25) is 0 Å². The third-order valence-corrected chi connectivity index (χ3v) is 4.69. The van der Waals surface area contributed by atoms with Crippen LogP contribution >= 0.6 is 0 Å². The summed E-state index contributed by atoms with van der Waals surface area (Å²) in [6, 6.07) is 8.59. The van der Waals surface area contributed by atoms with Crippen LogP contribution in [0.4, 0.5) is 0 Å². The van der Waals surface area contributed by atoms with E-state index in [1.54, 1.807) is 0 Å². The Morgan fingerprint density at radius 2 is 2.08 bits per heavy atom. The Hall–Kier alpha value is -1.59. The molecule has 1 aromatic carbocycles. The van der Waals surface area contributed by atoms with Gasteiger partial charge in [0.15, 0.2) is 5.96 Å². The number of nitrogens with one attached hydrogen (secondary N) is 1. The fourth-order valence-corrected chi connectivity index (χ4v) is 3.27. The van der Waals surface area contributed by atoms with Crippen LogP contribution < -0.4 is 11.1 Å². The molecule has 0 radical (unpaired) electrons. The highest BCUT2D eigenvalue weighted by atomic mass is 16.5. The van der Waals surface area contributed by atoms with Gasteiger partial charge in [0.05, 0.1) is 6.54 Å². The predicted octanol–water partition coefficient (Wildman–Crippen LogP) is 2.37. The highest BCUT2D eigenvalue weighted by Crippen LogP contribution is 2.36. The van der Waals surface area contributed by atoms with E-state index in [4.69, 9.17) is 15.2 Å². The number of rotatable bonds is 8. The van der Waals surface area contributed by atoms with Crippen LogP contribution in [0.2, 0.25) is 0 Å². The van der Waals surface area contributed by atoms with Crippen LogP contribution in [0, 0.1) is 6.92 Å². The fourth-order valence-electron chi connectivity index (χ4n) is 3.27. The van der Waals surface area contributed by atoms with Gasteiger partial charge in [0.1, 0.15) is 0 Å². The minimum absolute atomic E-state index is 0.0290. The zero-order valence-electron chi connectivity index (χ0n) is 15.0. The molecule has 1 aliphatic rings. The van der Waals surface area contributed by atoms with E-state index in [2.05, 4.69) is 41.5 Å². The van der Waals surface area contributed by atoms with Crippen molar-refractivity contribution in [3.8, 4) is 0 Å². The van der Waals surface area contributed by atoms with Gasteiger partial charge in [-0.1, -0.05) is 24.3 Å². The van der Waals surface area contributed by atoms with Crippen molar-refractivity contribution in [2.75, 3.05) is 39.5 Å². The van der Waals surface area contributed by atoms with Crippen molar-refractivity contribution in [2.24, 2.45) is 10.7 Å². The molecular formula is C19H31N3O2. The normalized spacial score (nSPS) is 17.7. The molecule has 0 saturated carbocycles. The molecule has 0 bridgehead atoms. The Labute approximate surface area is 145 Å². The summed E-state index contributed by atoms with van der Waals surface area (Å²) >= 11 is 0. The lowest BCUT2D eigenvalue weighted by Gasteiger charge is -2.37. The molecule has 24 heavy (non-hydrogen) atoms. The van der Waals surface area contributed by atoms with Crippen LogP contribution in [0.15, 0.2) is 29.3 Å². The maximum Gasteiger partial charge on any atom is 0.188 e. The lowest BCUT2D eigenvalue weighted by atomic mass is 9.72. The molecule has 1 fully saturated rings. The Kier molecular flexibility index (Phi) is 7.53. The van der Waals surface area contributed by atoms with Gasteiger partial charge in [-0.2, -0.15) is 0 Å². The number of hydrogen-bond donors (Lipinski definition) is 2. The van der Waals surface area contributed by atoms with Gasteiger partial charge in [-0.05, 0) is 44.2 Å². The summed E-state index contributed by atoms with van der Waals surface area (Å²) < 4.78 is 10.9.